The maximum Gasteiger partial charge on any atom is 0.194 e. The molecular formula is C26H30ClF3N6. The second-order valence-corrected chi connectivity index (χ2v) is 8.84. The van der Waals surface area contributed by atoms with Crippen LogP contribution in [0.3, 0.4) is 0 Å². The fourth-order valence-corrected chi connectivity index (χ4v) is 4.24. The Labute approximate surface area is 214 Å². The minimum Gasteiger partial charge on any atom is -0.396 e. The molecule has 192 valence electrons. The Bertz CT molecular complexity index is 1150. The summed E-state index contributed by atoms with van der Waals surface area (Å²) in [5.41, 5.74) is 13.0. The van der Waals surface area contributed by atoms with Crippen molar-refractivity contribution in [3.63, 3.8) is 0 Å². The van der Waals surface area contributed by atoms with Crippen LogP contribution in [0.1, 0.15) is 24.0 Å². The van der Waals surface area contributed by atoms with E-state index in [1.807, 2.05) is 0 Å². The Hall–Kier alpha value is -3.43. The van der Waals surface area contributed by atoms with Crippen LogP contribution < -0.4 is 22.1 Å². The summed E-state index contributed by atoms with van der Waals surface area (Å²) in [7, 11) is 0. The lowest BCUT2D eigenvalue weighted by molar-refractivity contribution is 0.301. The second-order valence-electron chi connectivity index (χ2n) is 8.44. The molecule has 0 saturated carbocycles. The Kier molecular flexibility index (Phi) is 9.44. The van der Waals surface area contributed by atoms with Gasteiger partial charge in [0.1, 0.15) is 23.3 Å². The number of benzene rings is 2. The quantitative estimate of drug-likeness (QED) is 0.224. The Balaban J connectivity index is 1.96. The van der Waals surface area contributed by atoms with Crippen molar-refractivity contribution in [2.75, 3.05) is 19.6 Å². The topological polar surface area (TPSA) is 91.7 Å². The lowest BCUT2D eigenvalue weighted by Gasteiger charge is -2.35. The molecule has 3 rings (SSSR count). The normalized spacial score (nSPS) is 16.8. The van der Waals surface area contributed by atoms with E-state index in [1.165, 1.54) is 18.2 Å². The van der Waals surface area contributed by atoms with E-state index in [0.717, 1.165) is 44.1 Å². The largest absolute Gasteiger partial charge is 0.396 e. The van der Waals surface area contributed by atoms with Gasteiger partial charge in [0, 0.05) is 17.8 Å². The molecule has 0 spiro atoms. The van der Waals surface area contributed by atoms with Crippen LogP contribution in [0.4, 0.5) is 13.2 Å². The average Bonchev–Trinajstić information content (AvgIpc) is 2.86. The SMILES string of the molecule is C=C/C(N)=C(\NC(N)=NCc1cc(F)ccc1F)N(C[C@@H]1CCCNC1)C(=C)c1c(F)cccc1Cl. The van der Waals surface area contributed by atoms with Gasteiger partial charge in [-0.15, -0.1) is 0 Å². The first-order chi connectivity index (χ1) is 17.2. The van der Waals surface area contributed by atoms with Crippen LogP contribution in [-0.2, 0) is 6.54 Å². The molecule has 0 unspecified atom stereocenters. The average molecular weight is 519 g/mol. The summed E-state index contributed by atoms with van der Waals surface area (Å²) in [5.74, 6) is -1.40. The molecule has 0 radical (unpaired) electrons. The van der Waals surface area contributed by atoms with Crippen LogP contribution in [0.15, 0.2) is 72.1 Å². The molecule has 36 heavy (non-hydrogen) atoms. The Morgan fingerprint density at radius 2 is 2.00 bits per heavy atom. The predicted octanol–water partition coefficient (Wildman–Crippen LogP) is 4.45. The highest BCUT2D eigenvalue weighted by molar-refractivity contribution is 6.32. The number of nitrogens with two attached hydrogens (primary N) is 2. The van der Waals surface area contributed by atoms with Gasteiger partial charge in [-0.3, -0.25) is 0 Å². The van der Waals surface area contributed by atoms with Crippen molar-refractivity contribution in [3.8, 4) is 0 Å². The summed E-state index contributed by atoms with van der Waals surface area (Å²) >= 11 is 6.34. The highest BCUT2D eigenvalue weighted by Gasteiger charge is 2.26. The van der Waals surface area contributed by atoms with E-state index in [1.54, 1.807) is 11.0 Å². The third-order valence-electron chi connectivity index (χ3n) is 5.85. The zero-order valence-corrected chi connectivity index (χ0v) is 20.6. The van der Waals surface area contributed by atoms with Crippen LogP contribution >= 0.6 is 11.6 Å². The molecule has 0 bridgehead atoms. The van der Waals surface area contributed by atoms with Gasteiger partial charge in [0.05, 0.1) is 22.8 Å². The predicted molar refractivity (Wildman–Crippen MR) is 139 cm³/mol. The van der Waals surface area contributed by atoms with Crippen molar-refractivity contribution in [2.45, 2.75) is 19.4 Å². The summed E-state index contributed by atoms with van der Waals surface area (Å²) < 4.78 is 42.4. The maximum atomic E-state index is 14.8. The van der Waals surface area contributed by atoms with E-state index in [0.29, 0.717) is 6.54 Å². The van der Waals surface area contributed by atoms with Crippen molar-refractivity contribution in [1.82, 2.24) is 15.5 Å². The number of piperidine rings is 1. The molecule has 6 N–H and O–H groups in total. The molecule has 1 fully saturated rings. The van der Waals surface area contributed by atoms with Gasteiger partial charge in [0.15, 0.2) is 5.96 Å². The van der Waals surface area contributed by atoms with Crippen molar-refractivity contribution >= 4 is 23.3 Å². The van der Waals surface area contributed by atoms with Gasteiger partial charge in [0.2, 0.25) is 0 Å². The number of nitrogens with zero attached hydrogens (tertiary/aromatic N) is 2. The first-order valence-electron chi connectivity index (χ1n) is 11.5. The summed E-state index contributed by atoms with van der Waals surface area (Å²) in [6.45, 7) is 9.73. The highest BCUT2D eigenvalue weighted by atomic mass is 35.5. The van der Waals surface area contributed by atoms with Gasteiger partial charge >= 0.3 is 0 Å². The van der Waals surface area contributed by atoms with E-state index < -0.39 is 17.5 Å². The molecule has 1 aliphatic rings. The molecule has 0 aromatic heterocycles. The van der Waals surface area contributed by atoms with E-state index >= 15 is 0 Å². The van der Waals surface area contributed by atoms with Gasteiger partial charge in [-0.1, -0.05) is 30.8 Å². The maximum absolute atomic E-state index is 14.8. The number of allylic oxidation sites excluding steroid dienone is 1. The molecular weight excluding hydrogens is 489 g/mol. The van der Waals surface area contributed by atoms with Crippen molar-refractivity contribution in [1.29, 1.82) is 0 Å². The number of rotatable bonds is 9. The molecule has 1 atom stereocenters. The third kappa shape index (κ3) is 6.83. The van der Waals surface area contributed by atoms with Crippen molar-refractivity contribution in [2.24, 2.45) is 22.4 Å². The fraction of sp³-hybridized carbons (Fsp3) is 0.269. The van der Waals surface area contributed by atoms with Crippen molar-refractivity contribution < 1.29 is 13.2 Å². The zero-order chi connectivity index (χ0) is 26.2. The van der Waals surface area contributed by atoms with Crippen LogP contribution in [0, 0.1) is 23.4 Å². The summed E-state index contributed by atoms with van der Waals surface area (Å²) in [6.07, 6.45) is 3.33. The van der Waals surface area contributed by atoms with E-state index in [2.05, 4.69) is 28.8 Å². The van der Waals surface area contributed by atoms with E-state index in [9.17, 15) is 13.2 Å². The number of guanidine groups is 1. The molecule has 10 heteroatoms. The fourth-order valence-electron chi connectivity index (χ4n) is 3.97. The lowest BCUT2D eigenvalue weighted by atomic mass is 9.98. The van der Waals surface area contributed by atoms with Gasteiger partial charge in [-0.05, 0) is 68.3 Å². The minimum absolute atomic E-state index is 0.0367. The van der Waals surface area contributed by atoms with Gasteiger partial charge in [0.25, 0.3) is 0 Å². The molecule has 2 aromatic rings. The molecule has 2 aromatic carbocycles. The monoisotopic (exact) mass is 518 g/mol. The summed E-state index contributed by atoms with van der Waals surface area (Å²) in [6, 6.07) is 7.46. The molecule has 1 saturated heterocycles. The Morgan fingerprint density at radius 3 is 2.67 bits per heavy atom. The molecule has 0 amide bonds. The number of hydrogen-bond donors (Lipinski definition) is 4. The molecule has 6 nitrogen and oxygen atoms in total. The molecule has 0 aliphatic carbocycles. The lowest BCUT2D eigenvalue weighted by Crippen LogP contribution is -2.44. The van der Waals surface area contributed by atoms with E-state index in [-0.39, 0.29) is 51.8 Å². The molecule has 1 aliphatic heterocycles. The summed E-state index contributed by atoms with van der Waals surface area (Å²) in [5, 5.41) is 6.47. The second kappa shape index (κ2) is 12.5. The zero-order valence-electron chi connectivity index (χ0n) is 19.8. The first-order valence-corrected chi connectivity index (χ1v) is 11.8. The smallest absolute Gasteiger partial charge is 0.194 e. The number of aliphatic imine (C=N–C) groups is 1. The standard InChI is InChI=1S/C26H30ClF3N6/c1-3-23(31)25(35-26(32)34-14-18-12-19(28)9-10-21(18)29)36(15-17-6-5-11-33-13-17)16(2)24-20(27)7-4-8-22(24)30/h3-4,7-10,12,17,33H,1-2,5-6,11,13-15,31H2,(H3,32,34,35)/b25-23-/t17-/m1/s1. The number of nitrogens with one attached hydrogen (secondary N) is 2. The van der Waals surface area contributed by atoms with Crippen LogP contribution in [-0.4, -0.2) is 30.5 Å². The van der Waals surface area contributed by atoms with Crippen LogP contribution in [0.25, 0.3) is 5.70 Å². The Morgan fingerprint density at radius 1 is 1.22 bits per heavy atom. The van der Waals surface area contributed by atoms with Crippen LogP contribution in [0.2, 0.25) is 5.02 Å². The van der Waals surface area contributed by atoms with Gasteiger partial charge in [-0.2, -0.15) is 0 Å². The highest BCUT2D eigenvalue weighted by Crippen LogP contribution is 2.31. The minimum atomic E-state index is -0.608. The third-order valence-corrected chi connectivity index (χ3v) is 6.17. The van der Waals surface area contributed by atoms with Gasteiger partial charge < -0.3 is 27.0 Å². The van der Waals surface area contributed by atoms with E-state index in [4.69, 9.17) is 23.1 Å². The first kappa shape index (κ1) is 27.2. The number of halogens is 4. The summed E-state index contributed by atoms with van der Waals surface area (Å²) in [4.78, 5) is 5.83. The molecule has 1 heterocycles. The van der Waals surface area contributed by atoms with Crippen LogP contribution in [0.5, 0.6) is 0 Å². The van der Waals surface area contributed by atoms with Gasteiger partial charge in [-0.25, -0.2) is 18.2 Å². The van der Waals surface area contributed by atoms with Crippen molar-refractivity contribution in [3.05, 3.63) is 101 Å². The number of hydrogen-bond acceptors (Lipinski definition) is 4.